The first-order chi connectivity index (χ1) is 28.3. The molecule has 0 aromatic carbocycles. The van der Waals surface area contributed by atoms with Crippen LogP contribution in [0.1, 0.15) is 168 Å². The van der Waals surface area contributed by atoms with Gasteiger partial charge in [0.15, 0.2) is 0 Å². The first-order valence-corrected chi connectivity index (χ1v) is 24.2. The van der Waals surface area contributed by atoms with Crippen molar-refractivity contribution < 1.29 is 59.0 Å². The second-order valence-electron chi connectivity index (χ2n) is 16.1. The molecule has 1 aliphatic rings. The van der Waals surface area contributed by atoms with E-state index < -0.39 is 75.2 Å². The van der Waals surface area contributed by atoms with E-state index in [0.717, 1.165) is 51.4 Å². The number of carbonyl (C=O) groups excluding carboxylic acids is 1. The fraction of sp³-hybridized carbons (Fsp3) is 0.800. The highest BCUT2D eigenvalue weighted by atomic mass is 31.2. The zero-order valence-electron chi connectivity index (χ0n) is 36.2. The van der Waals surface area contributed by atoms with Gasteiger partial charge >= 0.3 is 7.82 Å². The predicted molar refractivity (Wildman–Crippen MR) is 233 cm³/mol. The van der Waals surface area contributed by atoms with Crippen molar-refractivity contribution in [2.45, 2.75) is 223 Å². The van der Waals surface area contributed by atoms with E-state index in [2.05, 4.69) is 55.6 Å². The summed E-state index contributed by atoms with van der Waals surface area (Å²) in [6.45, 7) is 3.63. The summed E-state index contributed by atoms with van der Waals surface area (Å²) in [7, 11) is -5.15. The monoisotopic (exact) mass is 860 g/mol. The molecule has 0 heterocycles. The van der Waals surface area contributed by atoms with Gasteiger partial charge in [0.05, 0.1) is 31.3 Å². The van der Waals surface area contributed by atoms with E-state index >= 15 is 0 Å². The molecule has 0 aliphatic heterocycles. The SMILES string of the molecule is CCCC/C=C\CCCCC(O)CC(=O)NC(COP(=O)(O)OC1C(O)C(O)C(O)C(O)C1O)C(O)/C=C/CC/C=C/CC/C=C/CCCCCCCCCCCCC. The maximum atomic E-state index is 12.9. The molecule has 13 nitrogen and oxygen atoms in total. The zero-order chi connectivity index (χ0) is 43.7. The van der Waals surface area contributed by atoms with E-state index in [-0.39, 0.29) is 6.42 Å². The van der Waals surface area contributed by atoms with Crippen molar-refractivity contribution >= 4 is 13.7 Å². The number of hydrogen-bond acceptors (Lipinski definition) is 11. The van der Waals surface area contributed by atoms with E-state index in [4.69, 9.17) is 9.05 Å². The summed E-state index contributed by atoms with van der Waals surface area (Å²) in [5.41, 5.74) is 0. The van der Waals surface area contributed by atoms with E-state index in [0.29, 0.717) is 25.7 Å². The van der Waals surface area contributed by atoms with Crippen LogP contribution >= 0.6 is 7.82 Å². The molecule has 1 amide bonds. The molecule has 0 radical (unpaired) electrons. The third-order valence-electron chi connectivity index (χ3n) is 10.6. The van der Waals surface area contributed by atoms with Gasteiger partial charge in [-0.25, -0.2) is 4.57 Å². The molecule has 8 unspecified atom stereocenters. The number of aliphatic hydroxyl groups excluding tert-OH is 7. The minimum Gasteiger partial charge on any atom is -0.393 e. The van der Waals surface area contributed by atoms with Gasteiger partial charge in [-0.15, -0.1) is 0 Å². The quantitative estimate of drug-likeness (QED) is 0.0174. The molecule has 59 heavy (non-hydrogen) atoms. The van der Waals surface area contributed by atoms with Crippen molar-refractivity contribution in [1.82, 2.24) is 5.32 Å². The van der Waals surface area contributed by atoms with Crippen molar-refractivity contribution in [3.8, 4) is 0 Å². The van der Waals surface area contributed by atoms with Gasteiger partial charge in [0.1, 0.15) is 36.6 Å². The number of rotatable bonds is 36. The van der Waals surface area contributed by atoms with Gasteiger partial charge in [-0.3, -0.25) is 13.8 Å². The Morgan fingerprint density at radius 1 is 0.593 bits per heavy atom. The molecule has 0 bridgehead atoms. The lowest BCUT2D eigenvalue weighted by atomic mass is 9.85. The van der Waals surface area contributed by atoms with Crippen molar-refractivity contribution in [1.29, 1.82) is 0 Å². The van der Waals surface area contributed by atoms with Crippen molar-refractivity contribution in [3.63, 3.8) is 0 Å². The summed E-state index contributed by atoms with van der Waals surface area (Å²) in [6, 6.07) is -1.27. The highest BCUT2D eigenvalue weighted by Crippen LogP contribution is 2.47. The third kappa shape index (κ3) is 27.0. The summed E-state index contributed by atoms with van der Waals surface area (Å²) in [4.78, 5) is 23.3. The highest BCUT2D eigenvalue weighted by molar-refractivity contribution is 7.47. The molecule has 0 spiro atoms. The van der Waals surface area contributed by atoms with Crippen molar-refractivity contribution in [3.05, 3.63) is 48.6 Å². The Labute approximate surface area is 355 Å². The van der Waals surface area contributed by atoms with E-state index in [9.17, 15) is 50.0 Å². The summed E-state index contributed by atoms with van der Waals surface area (Å²) < 4.78 is 22.8. The van der Waals surface area contributed by atoms with E-state index in [1.54, 1.807) is 6.08 Å². The molecular formula is C45H82NO12P. The van der Waals surface area contributed by atoms with Crippen LogP contribution in [-0.4, -0.2) is 108 Å². The first-order valence-electron chi connectivity index (χ1n) is 22.7. The maximum absolute atomic E-state index is 12.9. The smallest absolute Gasteiger partial charge is 0.393 e. The maximum Gasteiger partial charge on any atom is 0.472 e. The average Bonchev–Trinajstić information content (AvgIpc) is 3.21. The van der Waals surface area contributed by atoms with Gasteiger partial charge in [0.25, 0.3) is 0 Å². The molecule has 1 saturated carbocycles. The molecule has 1 fully saturated rings. The fourth-order valence-electron chi connectivity index (χ4n) is 6.84. The molecule has 1 aliphatic carbocycles. The van der Waals surface area contributed by atoms with Crippen LogP contribution in [-0.2, 0) is 18.4 Å². The Morgan fingerprint density at radius 2 is 1.02 bits per heavy atom. The molecule has 0 aromatic rings. The molecule has 14 heteroatoms. The fourth-order valence-corrected chi connectivity index (χ4v) is 7.81. The van der Waals surface area contributed by atoms with Crippen LogP contribution in [0.5, 0.6) is 0 Å². The minimum absolute atomic E-state index is 0.273. The Bertz CT molecular complexity index is 1200. The Kier molecular flexibility index (Phi) is 32.6. The number of nitrogens with one attached hydrogen (secondary N) is 1. The minimum atomic E-state index is -5.15. The van der Waals surface area contributed by atoms with E-state index in [1.165, 1.54) is 76.7 Å². The van der Waals surface area contributed by atoms with Crippen LogP contribution in [0.15, 0.2) is 48.6 Å². The number of phosphoric acid groups is 1. The summed E-state index contributed by atoms with van der Waals surface area (Å²) in [6.07, 6.45) is 26.7. The number of phosphoric ester groups is 1. The van der Waals surface area contributed by atoms with Gasteiger partial charge in [-0.2, -0.15) is 0 Å². The molecular weight excluding hydrogens is 777 g/mol. The van der Waals surface area contributed by atoms with Gasteiger partial charge in [0.2, 0.25) is 5.91 Å². The molecule has 344 valence electrons. The second-order valence-corrected chi connectivity index (χ2v) is 17.5. The average molecular weight is 860 g/mol. The van der Waals surface area contributed by atoms with Crippen LogP contribution in [0.4, 0.5) is 0 Å². The van der Waals surface area contributed by atoms with Crippen LogP contribution < -0.4 is 5.32 Å². The number of allylic oxidation sites excluding steroid dienone is 7. The second kappa shape index (κ2) is 34.8. The Hall–Kier alpha value is -1.74. The predicted octanol–water partition coefficient (Wildman–Crippen LogP) is 7.14. The number of carbonyl (C=O) groups is 1. The number of unbranched alkanes of at least 4 members (excludes halogenated alkanes) is 17. The van der Waals surface area contributed by atoms with Crippen molar-refractivity contribution in [2.75, 3.05) is 6.61 Å². The Balaban J connectivity index is 2.57. The molecule has 8 atom stereocenters. The van der Waals surface area contributed by atoms with Crippen LogP contribution in [0, 0.1) is 0 Å². The standard InChI is InChI=1S/C45H82NO12P/c1-3-5-7-9-11-13-14-15-16-17-18-19-20-21-22-23-24-25-27-29-31-33-38(48)37(46-39(49)34-36(47)32-30-28-26-12-10-8-6-4-2)35-57-59(55,56)58-45-43(53)41(51)40(50)42(52)44(45)54/h10,12,20-21,24-25,31,33,36-38,40-45,47-48,50-54H,3-9,11,13-19,22-23,26-30,32,34-35H2,1-2H3,(H,46,49)(H,55,56)/b12-10-,21-20+,25-24+,33-31+. The first kappa shape index (κ1) is 55.3. The zero-order valence-corrected chi connectivity index (χ0v) is 37.0. The summed E-state index contributed by atoms with van der Waals surface area (Å²) >= 11 is 0. The lowest BCUT2D eigenvalue weighted by Gasteiger charge is -2.41. The van der Waals surface area contributed by atoms with Gasteiger partial charge in [0, 0.05) is 0 Å². The molecule has 0 aromatic heterocycles. The lowest BCUT2D eigenvalue weighted by Crippen LogP contribution is -2.64. The Morgan fingerprint density at radius 3 is 1.54 bits per heavy atom. The van der Waals surface area contributed by atoms with Crippen molar-refractivity contribution in [2.24, 2.45) is 0 Å². The van der Waals surface area contributed by atoms with Gasteiger partial charge < -0.3 is 46.0 Å². The number of aliphatic hydroxyl groups is 7. The molecule has 0 saturated heterocycles. The van der Waals surface area contributed by atoms with Gasteiger partial charge in [-0.1, -0.05) is 146 Å². The largest absolute Gasteiger partial charge is 0.472 e. The summed E-state index contributed by atoms with van der Waals surface area (Å²) in [5, 5.41) is 74.2. The van der Waals surface area contributed by atoms with Gasteiger partial charge in [-0.05, 0) is 64.2 Å². The number of amides is 1. The topological polar surface area (TPSA) is 226 Å². The lowest BCUT2D eigenvalue weighted by molar-refractivity contribution is -0.220. The van der Waals surface area contributed by atoms with E-state index in [1.807, 2.05) is 0 Å². The third-order valence-corrected chi connectivity index (χ3v) is 11.6. The van der Waals surface area contributed by atoms with Crippen LogP contribution in [0.3, 0.4) is 0 Å². The molecule has 1 rings (SSSR count). The molecule has 9 N–H and O–H groups in total. The number of hydrogen-bond donors (Lipinski definition) is 9. The van der Waals surface area contributed by atoms with Crippen LogP contribution in [0.2, 0.25) is 0 Å². The van der Waals surface area contributed by atoms with Crippen LogP contribution in [0.25, 0.3) is 0 Å². The normalized spacial score (nSPS) is 24.0. The summed E-state index contributed by atoms with van der Waals surface area (Å²) in [5.74, 6) is -0.624. The highest BCUT2D eigenvalue weighted by Gasteiger charge is 2.51.